The van der Waals surface area contributed by atoms with E-state index in [1.54, 1.807) is 6.07 Å². The lowest BCUT2D eigenvalue weighted by atomic mass is 9.93. The van der Waals surface area contributed by atoms with Gasteiger partial charge in [-0.2, -0.15) is 0 Å². The van der Waals surface area contributed by atoms with Gasteiger partial charge in [-0.05, 0) is 44.7 Å². The van der Waals surface area contributed by atoms with Gasteiger partial charge in [-0.1, -0.05) is 12.1 Å². The zero-order chi connectivity index (χ0) is 15.9. The highest BCUT2D eigenvalue weighted by atomic mass is 19.1. The molecule has 0 aromatic heterocycles. The predicted molar refractivity (Wildman–Crippen MR) is 80.1 cm³/mol. The van der Waals surface area contributed by atoms with Gasteiger partial charge >= 0.3 is 12.0 Å². The number of hydrogen-bond acceptors (Lipinski definition) is 3. The van der Waals surface area contributed by atoms with E-state index in [4.69, 9.17) is 4.74 Å². The summed E-state index contributed by atoms with van der Waals surface area (Å²) >= 11 is 0. The van der Waals surface area contributed by atoms with E-state index in [1.807, 2.05) is 6.92 Å². The van der Waals surface area contributed by atoms with Gasteiger partial charge in [-0.3, -0.25) is 0 Å². The van der Waals surface area contributed by atoms with Crippen molar-refractivity contribution in [3.8, 4) is 0 Å². The van der Waals surface area contributed by atoms with Crippen LogP contribution in [0.5, 0.6) is 0 Å². The van der Waals surface area contributed by atoms with Crippen molar-refractivity contribution in [1.82, 2.24) is 10.6 Å². The van der Waals surface area contributed by atoms with Crippen molar-refractivity contribution in [3.63, 3.8) is 0 Å². The van der Waals surface area contributed by atoms with E-state index >= 15 is 0 Å². The third-order valence-corrected chi connectivity index (χ3v) is 3.71. The number of benzene rings is 1. The normalized spacial score (nSPS) is 21.0. The van der Waals surface area contributed by atoms with Gasteiger partial charge in [-0.25, -0.2) is 14.0 Å². The van der Waals surface area contributed by atoms with Crippen molar-refractivity contribution in [2.75, 3.05) is 6.54 Å². The lowest BCUT2D eigenvalue weighted by molar-refractivity contribution is 0.0183. The van der Waals surface area contributed by atoms with Gasteiger partial charge in [0.2, 0.25) is 0 Å². The molecule has 0 radical (unpaired) electrons. The lowest BCUT2D eigenvalue weighted by Gasteiger charge is -2.28. The van der Waals surface area contributed by atoms with Crippen LogP contribution in [0.25, 0.3) is 0 Å². The molecule has 0 heterocycles. The highest BCUT2D eigenvalue weighted by Gasteiger charge is 2.25. The second-order valence-electron chi connectivity index (χ2n) is 5.36. The molecule has 2 N–H and O–H groups in total. The Kier molecular flexibility index (Phi) is 5.75. The second kappa shape index (κ2) is 7.77. The summed E-state index contributed by atoms with van der Waals surface area (Å²) in [7, 11) is 0. The van der Waals surface area contributed by atoms with E-state index in [9.17, 15) is 14.0 Å². The Bertz CT molecular complexity index is 528. The van der Waals surface area contributed by atoms with E-state index in [0.29, 0.717) is 19.4 Å². The number of nitrogens with one attached hydrogen (secondary N) is 2. The summed E-state index contributed by atoms with van der Waals surface area (Å²) in [6.07, 6.45) is 2.59. The summed E-state index contributed by atoms with van der Waals surface area (Å²) in [4.78, 5) is 23.4. The van der Waals surface area contributed by atoms with Crippen molar-refractivity contribution >= 4 is 12.0 Å². The molecule has 2 amide bonds. The van der Waals surface area contributed by atoms with Crippen LogP contribution in [0.2, 0.25) is 0 Å². The number of urea groups is 1. The maximum absolute atomic E-state index is 13.5. The molecule has 1 aromatic carbocycles. The highest BCUT2D eigenvalue weighted by molar-refractivity contribution is 5.89. The van der Waals surface area contributed by atoms with Crippen LogP contribution >= 0.6 is 0 Å². The number of hydrogen-bond donors (Lipinski definition) is 2. The quantitative estimate of drug-likeness (QED) is 0.840. The Labute approximate surface area is 129 Å². The molecule has 0 saturated heterocycles. The third kappa shape index (κ3) is 4.44. The number of carbonyl (C=O) groups is 2. The van der Waals surface area contributed by atoms with E-state index in [-0.39, 0.29) is 23.7 Å². The number of carbonyl (C=O) groups excluding carboxylic acids is 2. The Morgan fingerprint density at radius 1 is 1.23 bits per heavy atom. The van der Waals surface area contributed by atoms with Crippen LogP contribution in [-0.2, 0) is 4.74 Å². The first kappa shape index (κ1) is 16.3. The zero-order valence-corrected chi connectivity index (χ0v) is 12.6. The first-order valence-corrected chi connectivity index (χ1v) is 7.60. The first-order chi connectivity index (χ1) is 10.6. The van der Waals surface area contributed by atoms with Crippen LogP contribution in [0.3, 0.4) is 0 Å². The summed E-state index contributed by atoms with van der Waals surface area (Å²) in [6.45, 7) is 2.44. The molecule has 1 fully saturated rings. The fourth-order valence-electron chi connectivity index (χ4n) is 2.56. The van der Waals surface area contributed by atoms with Crippen LogP contribution in [0.15, 0.2) is 24.3 Å². The molecule has 1 aliphatic rings. The molecule has 0 spiro atoms. The van der Waals surface area contributed by atoms with Crippen molar-refractivity contribution in [1.29, 1.82) is 0 Å². The van der Waals surface area contributed by atoms with E-state index in [0.717, 1.165) is 12.8 Å². The Hall–Kier alpha value is -2.11. The van der Waals surface area contributed by atoms with E-state index in [2.05, 4.69) is 10.6 Å². The van der Waals surface area contributed by atoms with Crippen molar-refractivity contribution in [2.45, 2.75) is 44.8 Å². The van der Waals surface area contributed by atoms with Crippen molar-refractivity contribution in [3.05, 3.63) is 35.6 Å². The first-order valence-electron chi connectivity index (χ1n) is 7.60. The fraction of sp³-hybridized carbons (Fsp3) is 0.500. The van der Waals surface area contributed by atoms with Gasteiger partial charge in [-0.15, -0.1) is 0 Å². The number of amides is 2. The highest BCUT2D eigenvalue weighted by Crippen LogP contribution is 2.22. The molecular formula is C16H21FN2O3. The fourth-order valence-corrected chi connectivity index (χ4v) is 2.56. The number of rotatable bonds is 4. The molecule has 0 unspecified atom stereocenters. The van der Waals surface area contributed by atoms with Crippen LogP contribution in [0.1, 0.15) is 43.0 Å². The van der Waals surface area contributed by atoms with Gasteiger partial charge in [0.25, 0.3) is 0 Å². The van der Waals surface area contributed by atoms with Crippen molar-refractivity contribution in [2.24, 2.45) is 0 Å². The number of ether oxygens (including phenoxy) is 1. The average molecular weight is 308 g/mol. The largest absolute Gasteiger partial charge is 0.459 e. The second-order valence-corrected chi connectivity index (χ2v) is 5.36. The molecule has 22 heavy (non-hydrogen) atoms. The molecule has 2 rings (SSSR count). The topological polar surface area (TPSA) is 67.4 Å². The molecule has 6 heteroatoms. The standard InChI is InChI=1S/C16H21FN2O3/c1-2-18-16(21)19-11-7-9-12(10-8-11)22-15(20)13-5-3-4-6-14(13)17/h3-6,11-12H,2,7-10H2,1H3,(H2,18,19,21). The summed E-state index contributed by atoms with van der Waals surface area (Å²) in [5.74, 6) is -1.20. The molecule has 1 saturated carbocycles. The Balaban J connectivity index is 1.79. The maximum Gasteiger partial charge on any atom is 0.341 e. The molecular weight excluding hydrogens is 287 g/mol. The molecule has 0 aliphatic heterocycles. The molecule has 120 valence electrons. The number of halogens is 1. The Morgan fingerprint density at radius 3 is 2.55 bits per heavy atom. The summed E-state index contributed by atoms with van der Waals surface area (Å²) in [5.41, 5.74) is -0.0370. The van der Waals surface area contributed by atoms with Gasteiger partial charge < -0.3 is 15.4 Å². The summed E-state index contributed by atoms with van der Waals surface area (Å²) < 4.78 is 18.9. The monoisotopic (exact) mass is 308 g/mol. The van der Waals surface area contributed by atoms with Gasteiger partial charge in [0.05, 0.1) is 5.56 Å². The SMILES string of the molecule is CCNC(=O)NC1CCC(OC(=O)c2ccccc2F)CC1. The summed E-state index contributed by atoms with van der Waals surface area (Å²) in [5, 5.41) is 5.57. The van der Waals surface area contributed by atoms with Crippen LogP contribution in [-0.4, -0.2) is 30.7 Å². The minimum absolute atomic E-state index is 0.0370. The van der Waals surface area contributed by atoms with Gasteiger partial charge in [0.1, 0.15) is 11.9 Å². The maximum atomic E-state index is 13.5. The van der Waals surface area contributed by atoms with Gasteiger partial charge in [0, 0.05) is 12.6 Å². The zero-order valence-electron chi connectivity index (χ0n) is 12.6. The summed E-state index contributed by atoms with van der Waals surface area (Å²) in [6, 6.07) is 5.71. The van der Waals surface area contributed by atoms with Crippen LogP contribution < -0.4 is 10.6 Å². The average Bonchev–Trinajstić information content (AvgIpc) is 2.50. The van der Waals surface area contributed by atoms with Crippen LogP contribution in [0, 0.1) is 5.82 Å². The van der Waals surface area contributed by atoms with Crippen LogP contribution in [0.4, 0.5) is 9.18 Å². The Morgan fingerprint density at radius 2 is 1.91 bits per heavy atom. The van der Waals surface area contributed by atoms with Gasteiger partial charge in [0.15, 0.2) is 0 Å². The minimum atomic E-state index is -0.627. The smallest absolute Gasteiger partial charge is 0.341 e. The molecule has 0 atom stereocenters. The molecule has 1 aliphatic carbocycles. The predicted octanol–water partition coefficient (Wildman–Crippen LogP) is 2.61. The van der Waals surface area contributed by atoms with E-state index < -0.39 is 11.8 Å². The third-order valence-electron chi connectivity index (χ3n) is 3.71. The minimum Gasteiger partial charge on any atom is -0.459 e. The van der Waals surface area contributed by atoms with E-state index in [1.165, 1.54) is 18.2 Å². The molecule has 1 aromatic rings. The number of esters is 1. The lowest BCUT2D eigenvalue weighted by Crippen LogP contribution is -2.44. The molecule has 0 bridgehead atoms. The molecule has 5 nitrogen and oxygen atoms in total. The van der Waals surface area contributed by atoms with Crippen molar-refractivity contribution < 1.29 is 18.7 Å².